The Morgan fingerprint density at radius 1 is 1.35 bits per heavy atom. The molecule has 0 amide bonds. The Morgan fingerprint density at radius 2 is 1.96 bits per heavy atom. The van der Waals surface area contributed by atoms with Crippen LogP contribution in [0.1, 0.15) is 18.0 Å². The minimum absolute atomic E-state index is 0. The molecule has 2 rings (SSSR count). The van der Waals surface area contributed by atoms with E-state index in [0.29, 0.717) is 16.6 Å². The molecule has 5 nitrogen and oxygen atoms in total. The SMILES string of the molecule is COc1cc([C@@H](CC#N)N2CCNCC2)c(Br)c(Br)c1O.Cl.Cl. The van der Waals surface area contributed by atoms with Gasteiger partial charge in [-0.25, -0.2) is 0 Å². The predicted molar refractivity (Wildman–Crippen MR) is 102 cm³/mol. The van der Waals surface area contributed by atoms with E-state index < -0.39 is 0 Å². The van der Waals surface area contributed by atoms with Crippen molar-refractivity contribution in [2.75, 3.05) is 33.3 Å². The van der Waals surface area contributed by atoms with Crippen molar-refractivity contribution < 1.29 is 9.84 Å². The molecule has 1 saturated heterocycles. The highest BCUT2D eigenvalue weighted by atomic mass is 79.9. The lowest BCUT2D eigenvalue weighted by Gasteiger charge is -2.34. The van der Waals surface area contributed by atoms with Crippen LogP contribution in [0.15, 0.2) is 15.0 Å². The summed E-state index contributed by atoms with van der Waals surface area (Å²) in [5.41, 5.74) is 0.944. The van der Waals surface area contributed by atoms with Crippen molar-refractivity contribution >= 4 is 56.7 Å². The number of phenolic OH excluding ortho intramolecular Hbond substituents is 1. The summed E-state index contributed by atoms with van der Waals surface area (Å²) in [6, 6.07) is 4.03. The van der Waals surface area contributed by atoms with Gasteiger partial charge in [0.2, 0.25) is 0 Å². The van der Waals surface area contributed by atoms with Gasteiger partial charge in [-0.3, -0.25) is 4.90 Å². The van der Waals surface area contributed by atoms with Crippen LogP contribution in [0, 0.1) is 11.3 Å². The molecule has 2 N–H and O–H groups in total. The summed E-state index contributed by atoms with van der Waals surface area (Å²) in [7, 11) is 1.52. The van der Waals surface area contributed by atoms with Crippen molar-refractivity contribution in [2.24, 2.45) is 0 Å². The van der Waals surface area contributed by atoms with Gasteiger partial charge in [-0.05, 0) is 43.5 Å². The number of phenols is 1. The zero-order valence-corrected chi connectivity index (χ0v) is 17.3. The average molecular weight is 492 g/mol. The number of hydrogen-bond acceptors (Lipinski definition) is 5. The second-order valence-electron chi connectivity index (χ2n) is 4.81. The van der Waals surface area contributed by atoms with Crippen LogP contribution >= 0.6 is 56.7 Å². The Kier molecular flexibility index (Phi) is 10.5. The fourth-order valence-corrected chi connectivity index (χ4v) is 3.52. The smallest absolute Gasteiger partial charge is 0.173 e. The molecule has 0 aromatic heterocycles. The van der Waals surface area contributed by atoms with Gasteiger partial charge >= 0.3 is 0 Å². The number of benzene rings is 1. The molecule has 1 aliphatic rings. The molecule has 0 aliphatic carbocycles. The largest absolute Gasteiger partial charge is 0.503 e. The molecule has 9 heteroatoms. The van der Waals surface area contributed by atoms with Crippen LogP contribution in [0.4, 0.5) is 0 Å². The first-order valence-corrected chi connectivity index (χ1v) is 8.25. The predicted octanol–water partition coefficient (Wildman–Crippen LogP) is 3.63. The highest BCUT2D eigenvalue weighted by Gasteiger charge is 2.27. The van der Waals surface area contributed by atoms with Gasteiger partial charge in [-0.15, -0.1) is 24.8 Å². The van der Waals surface area contributed by atoms with Gasteiger partial charge in [0.1, 0.15) is 0 Å². The standard InChI is InChI=1S/C14H17Br2N3O2.2ClH/c1-21-11-8-9(12(15)13(16)14(11)20)10(2-3-17)19-6-4-18-5-7-19;;/h8,10,18,20H,2,4-7H2,1H3;2*1H/t10-;;/m1../s1. The van der Waals surface area contributed by atoms with E-state index in [2.05, 4.69) is 48.1 Å². The Morgan fingerprint density at radius 3 is 2.48 bits per heavy atom. The fourth-order valence-electron chi connectivity index (χ4n) is 2.53. The molecule has 1 aromatic rings. The number of ether oxygens (including phenoxy) is 1. The van der Waals surface area contributed by atoms with E-state index in [-0.39, 0.29) is 36.6 Å². The zero-order valence-electron chi connectivity index (χ0n) is 12.5. The minimum Gasteiger partial charge on any atom is -0.503 e. The van der Waals surface area contributed by atoms with Gasteiger partial charge in [0, 0.05) is 36.7 Å². The Bertz CT molecular complexity index is 564. The number of rotatable bonds is 4. The lowest BCUT2D eigenvalue weighted by molar-refractivity contribution is 0.174. The van der Waals surface area contributed by atoms with Crippen molar-refractivity contribution in [2.45, 2.75) is 12.5 Å². The Labute approximate surface area is 165 Å². The van der Waals surface area contributed by atoms with Crippen molar-refractivity contribution in [3.8, 4) is 17.6 Å². The van der Waals surface area contributed by atoms with E-state index in [1.807, 2.05) is 0 Å². The minimum atomic E-state index is -0.0303. The molecule has 1 atom stereocenters. The zero-order chi connectivity index (χ0) is 15.4. The van der Waals surface area contributed by atoms with E-state index in [0.717, 1.165) is 36.2 Å². The summed E-state index contributed by atoms with van der Waals surface area (Å²) in [6.07, 6.45) is 0.388. The Hall–Kier alpha value is -0.230. The van der Waals surface area contributed by atoms with Gasteiger partial charge in [0.15, 0.2) is 11.5 Å². The molecule has 0 spiro atoms. The summed E-state index contributed by atoms with van der Waals surface area (Å²) in [5.74, 6) is 0.460. The summed E-state index contributed by atoms with van der Waals surface area (Å²) in [4.78, 5) is 2.28. The quantitative estimate of drug-likeness (QED) is 0.673. The number of nitriles is 1. The molecule has 23 heavy (non-hydrogen) atoms. The van der Waals surface area contributed by atoms with E-state index in [1.54, 1.807) is 6.07 Å². The normalized spacial score (nSPS) is 15.7. The summed E-state index contributed by atoms with van der Waals surface area (Å²) >= 11 is 6.89. The maximum absolute atomic E-state index is 10.0. The number of methoxy groups -OCH3 is 1. The lowest BCUT2D eigenvalue weighted by atomic mass is 10.0. The molecule has 0 saturated carbocycles. The molecule has 0 bridgehead atoms. The summed E-state index contributed by atoms with van der Waals surface area (Å²) in [5, 5.41) is 22.5. The Balaban J connectivity index is 0.00000242. The third-order valence-electron chi connectivity index (χ3n) is 3.63. The van der Waals surface area contributed by atoms with Gasteiger partial charge < -0.3 is 15.2 Å². The molecule has 0 unspecified atom stereocenters. The third-order valence-corrected chi connectivity index (χ3v) is 5.79. The van der Waals surface area contributed by atoms with Crippen molar-refractivity contribution in [3.63, 3.8) is 0 Å². The molecule has 1 aliphatic heterocycles. The lowest BCUT2D eigenvalue weighted by Crippen LogP contribution is -2.45. The fraction of sp³-hybridized carbons (Fsp3) is 0.500. The highest BCUT2D eigenvalue weighted by Crippen LogP contribution is 2.45. The topological polar surface area (TPSA) is 68.5 Å². The maximum atomic E-state index is 10.0. The molecule has 130 valence electrons. The van der Waals surface area contributed by atoms with E-state index >= 15 is 0 Å². The molecule has 0 radical (unpaired) electrons. The van der Waals surface area contributed by atoms with Crippen LogP contribution in [-0.2, 0) is 0 Å². The van der Waals surface area contributed by atoms with Crippen molar-refractivity contribution in [3.05, 3.63) is 20.6 Å². The van der Waals surface area contributed by atoms with Crippen LogP contribution in [0.25, 0.3) is 0 Å². The monoisotopic (exact) mass is 489 g/mol. The van der Waals surface area contributed by atoms with Gasteiger partial charge in [0.25, 0.3) is 0 Å². The molecular weight excluding hydrogens is 473 g/mol. The number of halogens is 4. The van der Waals surface area contributed by atoms with Gasteiger partial charge in [0.05, 0.1) is 24.1 Å². The van der Waals surface area contributed by atoms with E-state index in [4.69, 9.17) is 10.00 Å². The molecule has 1 aromatic carbocycles. The number of aromatic hydroxyl groups is 1. The van der Waals surface area contributed by atoms with Crippen molar-refractivity contribution in [1.82, 2.24) is 10.2 Å². The summed E-state index contributed by atoms with van der Waals surface area (Å²) in [6.45, 7) is 3.60. The first kappa shape index (κ1) is 22.8. The molecular formula is C14H19Br2Cl2N3O2. The van der Waals surface area contributed by atoms with Crippen LogP contribution in [-0.4, -0.2) is 43.3 Å². The summed E-state index contributed by atoms with van der Waals surface area (Å²) < 4.78 is 6.54. The van der Waals surface area contributed by atoms with E-state index in [1.165, 1.54) is 7.11 Å². The second-order valence-corrected chi connectivity index (χ2v) is 6.39. The first-order valence-electron chi connectivity index (χ1n) is 6.66. The number of nitrogens with zero attached hydrogens (tertiary/aromatic N) is 2. The van der Waals surface area contributed by atoms with Crippen LogP contribution in [0.5, 0.6) is 11.5 Å². The highest BCUT2D eigenvalue weighted by molar-refractivity contribution is 9.13. The van der Waals surface area contributed by atoms with Gasteiger partial charge in [-0.1, -0.05) is 0 Å². The van der Waals surface area contributed by atoms with Crippen LogP contribution in [0.3, 0.4) is 0 Å². The number of hydrogen-bond donors (Lipinski definition) is 2. The maximum Gasteiger partial charge on any atom is 0.173 e. The third kappa shape index (κ3) is 5.12. The van der Waals surface area contributed by atoms with Crippen LogP contribution < -0.4 is 10.1 Å². The van der Waals surface area contributed by atoms with Crippen molar-refractivity contribution in [1.29, 1.82) is 5.26 Å². The van der Waals surface area contributed by atoms with E-state index in [9.17, 15) is 5.11 Å². The van der Waals surface area contributed by atoms with Crippen LogP contribution in [0.2, 0.25) is 0 Å². The van der Waals surface area contributed by atoms with Gasteiger partial charge in [-0.2, -0.15) is 5.26 Å². The second kappa shape index (κ2) is 10.6. The number of nitrogens with one attached hydrogen (secondary N) is 1. The molecule has 1 fully saturated rings. The molecule has 1 heterocycles. The number of piperazine rings is 1. The first-order chi connectivity index (χ1) is 10.1. The average Bonchev–Trinajstić information content (AvgIpc) is 2.52.